The van der Waals surface area contributed by atoms with Gasteiger partial charge in [-0.25, -0.2) is 0 Å². The Morgan fingerprint density at radius 1 is 1.20 bits per heavy atom. The van der Waals surface area contributed by atoms with Crippen LogP contribution in [0.15, 0.2) is 16.6 Å². The third kappa shape index (κ3) is 3.85. The highest BCUT2D eigenvalue weighted by Crippen LogP contribution is 2.41. The van der Waals surface area contributed by atoms with Gasteiger partial charge in [-0.2, -0.15) is 5.10 Å². The maximum atomic E-state index is 5.81. The number of rotatable bonds is 7. The van der Waals surface area contributed by atoms with Gasteiger partial charge in [-0.05, 0) is 54.9 Å². The van der Waals surface area contributed by atoms with Crippen molar-refractivity contribution in [3.63, 3.8) is 0 Å². The first-order valence-electron chi connectivity index (χ1n) is 9.05. The molecule has 25 heavy (non-hydrogen) atoms. The molecule has 5 nitrogen and oxygen atoms in total. The van der Waals surface area contributed by atoms with Crippen molar-refractivity contribution in [2.75, 3.05) is 26.3 Å². The minimum Gasteiger partial charge on any atom is -0.490 e. The Bertz CT molecular complexity index is 730. The normalized spacial score (nSPS) is 14.4. The van der Waals surface area contributed by atoms with Gasteiger partial charge < -0.3 is 9.47 Å². The van der Waals surface area contributed by atoms with Crippen LogP contribution in [0.2, 0.25) is 0 Å². The van der Waals surface area contributed by atoms with Crippen molar-refractivity contribution in [3.05, 3.63) is 27.9 Å². The van der Waals surface area contributed by atoms with E-state index in [-0.39, 0.29) is 0 Å². The molecule has 1 aliphatic heterocycles. The highest BCUT2D eigenvalue weighted by Gasteiger charge is 2.23. The van der Waals surface area contributed by atoms with Gasteiger partial charge in [0.05, 0.1) is 23.4 Å². The van der Waals surface area contributed by atoms with Gasteiger partial charge in [-0.1, -0.05) is 6.92 Å². The van der Waals surface area contributed by atoms with E-state index < -0.39 is 0 Å². The molecule has 1 N–H and O–H groups in total. The van der Waals surface area contributed by atoms with Crippen molar-refractivity contribution in [2.24, 2.45) is 0 Å². The molecule has 0 saturated heterocycles. The number of benzene rings is 1. The molecule has 0 bridgehead atoms. The molecule has 3 rings (SSSR count). The fourth-order valence-corrected chi connectivity index (χ4v) is 3.91. The minimum absolute atomic E-state index is 0.596. The summed E-state index contributed by atoms with van der Waals surface area (Å²) in [6, 6.07) is 4.11. The van der Waals surface area contributed by atoms with Crippen molar-refractivity contribution < 1.29 is 9.47 Å². The summed E-state index contributed by atoms with van der Waals surface area (Å²) in [6.45, 7) is 10.5. The molecule has 0 atom stereocenters. The van der Waals surface area contributed by atoms with Crippen LogP contribution in [0.5, 0.6) is 11.5 Å². The zero-order valence-electron chi connectivity index (χ0n) is 15.2. The Morgan fingerprint density at radius 2 is 2.00 bits per heavy atom. The van der Waals surface area contributed by atoms with E-state index in [0.717, 1.165) is 53.3 Å². The van der Waals surface area contributed by atoms with Gasteiger partial charge in [0.1, 0.15) is 0 Å². The number of fused-ring (bicyclic) bond motifs is 1. The maximum Gasteiger partial charge on any atom is 0.175 e. The molecule has 0 amide bonds. The maximum absolute atomic E-state index is 5.81. The topological polar surface area (TPSA) is 50.4 Å². The van der Waals surface area contributed by atoms with Gasteiger partial charge in [0.15, 0.2) is 11.5 Å². The van der Waals surface area contributed by atoms with Crippen LogP contribution in [0, 0.1) is 0 Å². The van der Waals surface area contributed by atoms with Crippen LogP contribution in [-0.4, -0.2) is 41.4 Å². The Morgan fingerprint density at radius 3 is 2.72 bits per heavy atom. The standard InChI is InChI=1S/C19H26BrN3O2/c1-4-8-23-9-7-16-14(12-23)18(22-21-16)13-10-15(20)19(25-6-3)17(11-13)24-5-2/h10-11H,4-9,12H2,1-3H3,(H,21,22). The largest absolute Gasteiger partial charge is 0.490 e. The summed E-state index contributed by atoms with van der Waals surface area (Å²) < 4.78 is 12.5. The van der Waals surface area contributed by atoms with E-state index in [2.05, 4.69) is 44.0 Å². The van der Waals surface area contributed by atoms with E-state index in [9.17, 15) is 0 Å². The zero-order chi connectivity index (χ0) is 17.8. The smallest absolute Gasteiger partial charge is 0.175 e. The number of ether oxygens (including phenoxy) is 2. The van der Waals surface area contributed by atoms with Crippen LogP contribution in [-0.2, 0) is 13.0 Å². The molecule has 0 fully saturated rings. The Labute approximate surface area is 157 Å². The number of H-pyrrole nitrogens is 1. The fourth-order valence-electron chi connectivity index (χ4n) is 3.35. The molecule has 2 aromatic rings. The minimum atomic E-state index is 0.596. The molecule has 0 spiro atoms. The first-order chi connectivity index (χ1) is 12.2. The second-order valence-corrected chi connectivity index (χ2v) is 7.06. The van der Waals surface area contributed by atoms with Gasteiger partial charge in [0, 0.05) is 36.3 Å². The Balaban J connectivity index is 1.99. The third-order valence-corrected chi connectivity index (χ3v) is 5.01. The van der Waals surface area contributed by atoms with Gasteiger partial charge in [0.25, 0.3) is 0 Å². The summed E-state index contributed by atoms with van der Waals surface area (Å²) in [5.41, 5.74) is 4.62. The van der Waals surface area contributed by atoms with Crippen LogP contribution in [0.1, 0.15) is 38.4 Å². The number of hydrogen-bond acceptors (Lipinski definition) is 4. The Kier molecular flexibility index (Phi) is 6.02. The summed E-state index contributed by atoms with van der Waals surface area (Å²) in [6.07, 6.45) is 2.20. The van der Waals surface area contributed by atoms with E-state index in [0.29, 0.717) is 13.2 Å². The lowest BCUT2D eigenvalue weighted by Gasteiger charge is -2.26. The summed E-state index contributed by atoms with van der Waals surface area (Å²) in [4.78, 5) is 2.49. The lowest BCUT2D eigenvalue weighted by atomic mass is 10.0. The first kappa shape index (κ1) is 18.3. The highest BCUT2D eigenvalue weighted by atomic mass is 79.9. The molecule has 6 heteroatoms. The van der Waals surface area contributed by atoms with Crippen LogP contribution < -0.4 is 9.47 Å². The van der Waals surface area contributed by atoms with Crippen LogP contribution in [0.25, 0.3) is 11.3 Å². The predicted octanol–water partition coefficient (Wildman–Crippen LogP) is 4.40. The number of nitrogens with zero attached hydrogens (tertiary/aromatic N) is 2. The molecule has 136 valence electrons. The average molecular weight is 408 g/mol. The zero-order valence-corrected chi connectivity index (χ0v) is 16.8. The molecule has 1 aromatic carbocycles. The van der Waals surface area contributed by atoms with Crippen molar-refractivity contribution in [1.29, 1.82) is 0 Å². The first-order valence-corrected chi connectivity index (χ1v) is 9.85. The fraction of sp³-hybridized carbons (Fsp3) is 0.526. The van der Waals surface area contributed by atoms with E-state index in [1.165, 1.54) is 17.7 Å². The average Bonchev–Trinajstić information content (AvgIpc) is 3.01. The molecule has 0 saturated carbocycles. The molecule has 0 radical (unpaired) electrons. The molecule has 1 aliphatic rings. The predicted molar refractivity (Wildman–Crippen MR) is 103 cm³/mol. The summed E-state index contributed by atoms with van der Waals surface area (Å²) in [7, 11) is 0. The van der Waals surface area contributed by atoms with Crippen molar-refractivity contribution in [3.8, 4) is 22.8 Å². The number of hydrogen-bond donors (Lipinski definition) is 1. The number of aromatic amines is 1. The van der Waals surface area contributed by atoms with Crippen molar-refractivity contribution in [2.45, 2.75) is 40.2 Å². The molecule has 1 aromatic heterocycles. The summed E-state index contributed by atoms with van der Waals surface area (Å²) in [5, 5.41) is 7.85. The van der Waals surface area contributed by atoms with E-state index in [1.807, 2.05) is 19.9 Å². The van der Waals surface area contributed by atoms with Gasteiger partial charge in [0.2, 0.25) is 0 Å². The van der Waals surface area contributed by atoms with Gasteiger partial charge >= 0.3 is 0 Å². The number of halogens is 1. The van der Waals surface area contributed by atoms with Crippen molar-refractivity contribution in [1.82, 2.24) is 15.1 Å². The van der Waals surface area contributed by atoms with Crippen LogP contribution >= 0.6 is 15.9 Å². The molecule has 0 aliphatic carbocycles. The van der Waals surface area contributed by atoms with E-state index in [4.69, 9.17) is 9.47 Å². The van der Waals surface area contributed by atoms with Gasteiger partial charge in [-0.15, -0.1) is 0 Å². The Hall–Kier alpha value is -1.53. The third-order valence-electron chi connectivity index (χ3n) is 4.42. The lowest BCUT2D eigenvalue weighted by Crippen LogP contribution is -2.31. The highest BCUT2D eigenvalue weighted by molar-refractivity contribution is 9.10. The second-order valence-electron chi connectivity index (χ2n) is 6.21. The summed E-state index contributed by atoms with van der Waals surface area (Å²) in [5.74, 6) is 1.51. The SMILES string of the molecule is CCCN1CCc2[nH]nc(-c3cc(Br)c(OCC)c(OCC)c3)c2C1. The van der Waals surface area contributed by atoms with E-state index in [1.54, 1.807) is 0 Å². The quantitative estimate of drug-likeness (QED) is 0.738. The molecule has 2 heterocycles. The monoisotopic (exact) mass is 407 g/mol. The molecular weight excluding hydrogens is 382 g/mol. The second kappa shape index (κ2) is 8.23. The van der Waals surface area contributed by atoms with Crippen LogP contribution in [0.3, 0.4) is 0 Å². The molecular formula is C19H26BrN3O2. The van der Waals surface area contributed by atoms with Crippen LogP contribution in [0.4, 0.5) is 0 Å². The van der Waals surface area contributed by atoms with Crippen molar-refractivity contribution >= 4 is 15.9 Å². The summed E-state index contributed by atoms with van der Waals surface area (Å²) >= 11 is 3.63. The van der Waals surface area contributed by atoms with Gasteiger partial charge in [-0.3, -0.25) is 10.00 Å². The molecule has 0 unspecified atom stereocenters. The number of nitrogens with one attached hydrogen (secondary N) is 1. The number of aromatic nitrogens is 2. The van der Waals surface area contributed by atoms with E-state index >= 15 is 0 Å². The lowest BCUT2D eigenvalue weighted by molar-refractivity contribution is 0.254.